The van der Waals surface area contributed by atoms with Gasteiger partial charge in [-0.1, -0.05) is 46.6 Å². The van der Waals surface area contributed by atoms with Crippen LogP contribution in [0.15, 0.2) is 58.8 Å². The standard InChI is InChI=1S/C16H14N8O2/c17-23-21-13-7-3-1-5-11(13)15(25)19-9-10-20-16(26)12-6-2-4-8-14(12)22-24-18/h1-8H,9-10H2,(H,19,25)(H,20,26). The molecular weight excluding hydrogens is 336 g/mol. The molecule has 0 saturated carbocycles. The number of benzene rings is 2. The van der Waals surface area contributed by atoms with Crippen LogP contribution in [0.4, 0.5) is 11.4 Å². The number of amides is 2. The summed E-state index contributed by atoms with van der Waals surface area (Å²) in [6.07, 6.45) is 0. The van der Waals surface area contributed by atoms with Gasteiger partial charge in [-0.3, -0.25) is 9.59 Å². The van der Waals surface area contributed by atoms with Crippen molar-refractivity contribution in [1.82, 2.24) is 10.6 Å². The molecule has 0 bridgehead atoms. The van der Waals surface area contributed by atoms with Crippen LogP contribution in [0.3, 0.4) is 0 Å². The summed E-state index contributed by atoms with van der Waals surface area (Å²) in [6.45, 7) is 0.331. The van der Waals surface area contributed by atoms with Gasteiger partial charge in [0.15, 0.2) is 0 Å². The van der Waals surface area contributed by atoms with Gasteiger partial charge in [-0.15, -0.1) is 0 Å². The highest BCUT2D eigenvalue weighted by Crippen LogP contribution is 2.19. The topological polar surface area (TPSA) is 156 Å². The van der Waals surface area contributed by atoms with Gasteiger partial charge in [-0.2, -0.15) is 0 Å². The molecule has 0 aliphatic carbocycles. The first-order valence-electron chi connectivity index (χ1n) is 7.52. The van der Waals surface area contributed by atoms with E-state index >= 15 is 0 Å². The van der Waals surface area contributed by atoms with Crippen molar-refractivity contribution >= 4 is 23.2 Å². The number of azide groups is 2. The van der Waals surface area contributed by atoms with Crippen LogP contribution in [-0.2, 0) is 0 Å². The van der Waals surface area contributed by atoms with Crippen molar-refractivity contribution in [1.29, 1.82) is 0 Å². The summed E-state index contributed by atoms with van der Waals surface area (Å²) in [6, 6.07) is 12.7. The Morgan fingerprint density at radius 1 is 0.769 bits per heavy atom. The molecule has 0 aliphatic rings. The number of carbonyl (C=O) groups excluding carboxylic acids is 2. The molecule has 0 aromatic heterocycles. The van der Waals surface area contributed by atoms with E-state index < -0.39 is 11.8 Å². The zero-order valence-corrected chi connectivity index (χ0v) is 13.5. The van der Waals surface area contributed by atoms with Crippen LogP contribution in [0, 0.1) is 0 Å². The molecule has 0 spiro atoms. The smallest absolute Gasteiger partial charge is 0.251 e. The highest BCUT2D eigenvalue weighted by atomic mass is 16.2. The van der Waals surface area contributed by atoms with Gasteiger partial charge in [0, 0.05) is 34.0 Å². The monoisotopic (exact) mass is 350 g/mol. The van der Waals surface area contributed by atoms with Gasteiger partial charge >= 0.3 is 0 Å². The molecule has 0 aliphatic heterocycles. The molecule has 2 aromatic carbocycles. The van der Waals surface area contributed by atoms with E-state index in [1.54, 1.807) is 24.3 Å². The van der Waals surface area contributed by atoms with Crippen LogP contribution in [-0.4, -0.2) is 24.9 Å². The summed E-state index contributed by atoms with van der Waals surface area (Å²) < 4.78 is 0. The third kappa shape index (κ3) is 4.75. The van der Waals surface area contributed by atoms with Crippen molar-refractivity contribution in [2.24, 2.45) is 10.2 Å². The summed E-state index contributed by atoms with van der Waals surface area (Å²) in [7, 11) is 0. The Morgan fingerprint density at radius 2 is 1.15 bits per heavy atom. The van der Waals surface area contributed by atoms with Gasteiger partial charge in [0.2, 0.25) is 0 Å². The van der Waals surface area contributed by atoms with E-state index in [4.69, 9.17) is 11.1 Å². The van der Waals surface area contributed by atoms with E-state index in [0.717, 1.165) is 0 Å². The maximum Gasteiger partial charge on any atom is 0.251 e. The van der Waals surface area contributed by atoms with Crippen LogP contribution in [0.1, 0.15) is 20.7 Å². The molecule has 2 amide bonds. The molecule has 0 radical (unpaired) electrons. The second kappa shape index (κ2) is 9.33. The zero-order chi connectivity index (χ0) is 18.8. The fraction of sp³-hybridized carbons (Fsp3) is 0.125. The summed E-state index contributed by atoms with van der Waals surface area (Å²) in [5, 5.41) is 12.2. The van der Waals surface area contributed by atoms with E-state index in [-0.39, 0.29) is 35.6 Å². The number of nitrogens with one attached hydrogen (secondary N) is 2. The van der Waals surface area contributed by atoms with Crippen LogP contribution in [0.5, 0.6) is 0 Å². The Bertz CT molecular complexity index is 838. The fourth-order valence-electron chi connectivity index (χ4n) is 2.14. The molecule has 2 N–H and O–H groups in total. The molecule has 10 heteroatoms. The molecule has 0 heterocycles. The van der Waals surface area contributed by atoms with Gasteiger partial charge in [-0.25, -0.2) is 0 Å². The van der Waals surface area contributed by atoms with Crippen LogP contribution < -0.4 is 10.6 Å². The predicted molar refractivity (Wildman–Crippen MR) is 95.2 cm³/mol. The highest BCUT2D eigenvalue weighted by molar-refractivity contribution is 5.99. The first kappa shape index (κ1) is 18.3. The van der Waals surface area contributed by atoms with Gasteiger partial charge < -0.3 is 10.6 Å². The van der Waals surface area contributed by atoms with Crippen molar-refractivity contribution in [2.45, 2.75) is 0 Å². The van der Waals surface area contributed by atoms with Crippen LogP contribution in [0.25, 0.3) is 20.9 Å². The minimum Gasteiger partial charge on any atom is -0.350 e. The molecule has 130 valence electrons. The largest absolute Gasteiger partial charge is 0.350 e. The molecule has 0 unspecified atom stereocenters. The average molecular weight is 350 g/mol. The number of carbonyl (C=O) groups is 2. The lowest BCUT2D eigenvalue weighted by Crippen LogP contribution is -2.34. The molecule has 0 fully saturated rings. The van der Waals surface area contributed by atoms with Crippen LogP contribution >= 0.6 is 0 Å². The van der Waals surface area contributed by atoms with Crippen molar-refractivity contribution < 1.29 is 9.59 Å². The van der Waals surface area contributed by atoms with Crippen LogP contribution in [0.2, 0.25) is 0 Å². The first-order chi connectivity index (χ1) is 12.7. The summed E-state index contributed by atoms with van der Waals surface area (Å²) in [4.78, 5) is 29.6. The zero-order valence-electron chi connectivity index (χ0n) is 13.5. The molecule has 2 rings (SSSR count). The second-order valence-electron chi connectivity index (χ2n) is 4.92. The Morgan fingerprint density at radius 3 is 1.54 bits per heavy atom. The number of rotatable bonds is 7. The number of nitrogens with zero attached hydrogens (tertiary/aromatic N) is 6. The maximum atomic E-state index is 12.1. The first-order valence-corrected chi connectivity index (χ1v) is 7.52. The average Bonchev–Trinajstić information content (AvgIpc) is 2.66. The SMILES string of the molecule is [N-]=[N+]=Nc1ccccc1C(=O)NCCNC(=O)c1ccccc1N=[N+]=[N-]. The lowest BCUT2D eigenvalue weighted by atomic mass is 10.1. The van der Waals surface area contributed by atoms with E-state index in [0.29, 0.717) is 0 Å². The minimum absolute atomic E-state index is 0.166. The maximum absolute atomic E-state index is 12.1. The molecule has 0 saturated heterocycles. The van der Waals surface area contributed by atoms with Crippen molar-refractivity contribution in [3.8, 4) is 0 Å². The van der Waals surface area contributed by atoms with Gasteiger partial charge in [0.05, 0.1) is 11.4 Å². The number of hydrogen-bond acceptors (Lipinski definition) is 4. The third-order valence-electron chi connectivity index (χ3n) is 3.30. The van der Waals surface area contributed by atoms with Gasteiger partial charge in [0.25, 0.3) is 11.8 Å². The molecule has 26 heavy (non-hydrogen) atoms. The lowest BCUT2D eigenvalue weighted by molar-refractivity contribution is 0.0928. The summed E-state index contributed by atoms with van der Waals surface area (Å²) >= 11 is 0. The predicted octanol–water partition coefficient (Wildman–Crippen LogP) is 3.73. The quantitative estimate of drug-likeness (QED) is 0.338. The van der Waals surface area contributed by atoms with E-state index in [2.05, 4.69) is 30.7 Å². The highest BCUT2D eigenvalue weighted by Gasteiger charge is 2.11. The Kier molecular flexibility index (Phi) is 6.58. The molecular formula is C16H14N8O2. The summed E-state index contributed by atoms with van der Waals surface area (Å²) in [5.74, 6) is -0.839. The molecule has 2 aromatic rings. The Balaban J connectivity index is 1.91. The Labute approximate surface area is 148 Å². The van der Waals surface area contributed by atoms with Crippen molar-refractivity contribution in [2.75, 3.05) is 13.1 Å². The molecule has 0 atom stereocenters. The van der Waals surface area contributed by atoms with Crippen molar-refractivity contribution in [3.05, 3.63) is 80.5 Å². The fourth-order valence-corrected chi connectivity index (χ4v) is 2.14. The summed E-state index contributed by atoms with van der Waals surface area (Å²) in [5.41, 5.74) is 18.0. The normalized spacial score (nSPS) is 9.38. The number of hydrogen-bond donors (Lipinski definition) is 2. The van der Waals surface area contributed by atoms with E-state index in [1.807, 2.05) is 0 Å². The minimum atomic E-state index is -0.420. The van der Waals surface area contributed by atoms with E-state index in [1.165, 1.54) is 24.3 Å². The lowest BCUT2D eigenvalue weighted by Gasteiger charge is -2.09. The van der Waals surface area contributed by atoms with E-state index in [9.17, 15) is 9.59 Å². The van der Waals surface area contributed by atoms with Crippen molar-refractivity contribution in [3.63, 3.8) is 0 Å². The Hall–Kier alpha value is -4.00. The van der Waals surface area contributed by atoms with Gasteiger partial charge in [-0.05, 0) is 23.2 Å². The second-order valence-corrected chi connectivity index (χ2v) is 4.92. The molecule has 10 nitrogen and oxygen atoms in total. The third-order valence-corrected chi connectivity index (χ3v) is 3.30. The van der Waals surface area contributed by atoms with Gasteiger partial charge in [0.1, 0.15) is 0 Å².